The minimum absolute atomic E-state index is 0.118. The van der Waals surface area contributed by atoms with Gasteiger partial charge in [-0.25, -0.2) is 18.0 Å². The summed E-state index contributed by atoms with van der Waals surface area (Å²) in [5.74, 6) is -3.78. The van der Waals surface area contributed by atoms with Crippen molar-refractivity contribution in [3.63, 3.8) is 0 Å². The number of rotatable bonds is 3. The lowest BCUT2D eigenvalue weighted by Gasteiger charge is -2.15. The maximum absolute atomic E-state index is 13.6. The van der Waals surface area contributed by atoms with Crippen LogP contribution in [0.1, 0.15) is 15.9 Å². The Hall–Kier alpha value is -2.36. The molecule has 3 amide bonds. The van der Waals surface area contributed by atoms with Crippen LogP contribution in [0.3, 0.4) is 0 Å². The molecule has 0 saturated carbocycles. The largest absolute Gasteiger partial charge is 0.426 e. The Labute approximate surface area is 175 Å². The van der Waals surface area contributed by atoms with Crippen molar-refractivity contribution in [3.05, 3.63) is 69.2 Å². The van der Waals surface area contributed by atoms with Crippen molar-refractivity contribution in [1.82, 2.24) is 5.32 Å². The molecule has 0 aromatic heterocycles. The lowest BCUT2D eigenvalue weighted by molar-refractivity contribution is -0.0836. The third-order valence-corrected chi connectivity index (χ3v) is 4.35. The van der Waals surface area contributed by atoms with Crippen LogP contribution in [0.25, 0.3) is 6.08 Å². The van der Waals surface area contributed by atoms with E-state index in [0.29, 0.717) is 10.5 Å². The van der Waals surface area contributed by atoms with Crippen LogP contribution in [0.2, 0.25) is 5.02 Å². The van der Waals surface area contributed by atoms with Crippen LogP contribution in [0, 0.1) is 11.6 Å². The fourth-order valence-electron chi connectivity index (χ4n) is 2.01. The van der Waals surface area contributed by atoms with Crippen molar-refractivity contribution in [2.75, 3.05) is 4.42 Å². The standard InChI is InChI=1S/C17H8Cl3F5N2O2/c18-10-7-9(5-4-8(10)6-13(19)17(23,24)25)27(20)16(29)26-15(28)14-11(21)2-1-3-12(14)22/h1-7H,(H,26,28,29). The molecular weight excluding hydrogens is 466 g/mol. The number of imide groups is 1. The number of halogens is 8. The van der Waals surface area contributed by atoms with Crippen LogP contribution in [0.5, 0.6) is 0 Å². The van der Waals surface area contributed by atoms with E-state index in [0.717, 1.165) is 36.4 Å². The molecule has 0 heterocycles. The van der Waals surface area contributed by atoms with Gasteiger partial charge >= 0.3 is 12.2 Å². The first kappa shape index (κ1) is 22.9. The van der Waals surface area contributed by atoms with Gasteiger partial charge in [-0.3, -0.25) is 10.1 Å². The Kier molecular flexibility index (Phi) is 7.10. The van der Waals surface area contributed by atoms with E-state index in [1.165, 1.54) is 0 Å². The van der Waals surface area contributed by atoms with Crippen molar-refractivity contribution in [1.29, 1.82) is 0 Å². The van der Waals surface area contributed by atoms with Crippen LogP contribution in [-0.4, -0.2) is 18.1 Å². The van der Waals surface area contributed by atoms with Crippen LogP contribution < -0.4 is 9.74 Å². The number of benzene rings is 2. The maximum atomic E-state index is 13.6. The zero-order valence-electron chi connectivity index (χ0n) is 13.8. The highest BCUT2D eigenvalue weighted by Crippen LogP contribution is 2.33. The summed E-state index contributed by atoms with van der Waals surface area (Å²) in [5.41, 5.74) is -1.25. The Morgan fingerprint density at radius 3 is 2.17 bits per heavy atom. The number of anilines is 1. The summed E-state index contributed by atoms with van der Waals surface area (Å²) in [6.07, 6.45) is -4.21. The second-order valence-electron chi connectivity index (χ2n) is 5.33. The number of urea groups is 1. The predicted octanol–water partition coefficient (Wildman–Crippen LogP) is 6.27. The average Bonchev–Trinajstić information content (AvgIpc) is 2.61. The Balaban J connectivity index is 2.20. The number of hydrogen-bond acceptors (Lipinski definition) is 2. The van der Waals surface area contributed by atoms with Crippen molar-refractivity contribution in [3.8, 4) is 0 Å². The zero-order valence-corrected chi connectivity index (χ0v) is 16.1. The molecule has 29 heavy (non-hydrogen) atoms. The number of carbonyl (C=O) groups is 2. The minimum atomic E-state index is -4.77. The van der Waals surface area contributed by atoms with Gasteiger partial charge in [0.25, 0.3) is 5.91 Å². The molecule has 0 radical (unpaired) electrons. The molecule has 0 spiro atoms. The second-order valence-corrected chi connectivity index (χ2v) is 6.49. The molecule has 2 aromatic carbocycles. The summed E-state index contributed by atoms with van der Waals surface area (Å²) in [7, 11) is 0. The molecule has 0 unspecified atom stereocenters. The molecule has 2 rings (SSSR count). The summed E-state index contributed by atoms with van der Waals surface area (Å²) in [5, 5.41) is 0.00684. The van der Waals surface area contributed by atoms with Crippen LogP contribution >= 0.6 is 35.0 Å². The summed E-state index contributed by atoms with van der Waals surface area (Å²) < 4.78 is 65.0. The molecular formula is C17H8Cl3F5N2O2. The Bertz CT molecular complexity index is 975. The van der Waals surface area contributed by atoms with Gasteiger partial charge in [-0.05, 0) is 35.9 Å². The molecule has 0 fully saturated rings. The van der Waals surface area contributed by atoms with E-state index >= 15 is 0 Å². The number of nitrogens with one attached hydrogen (secondary N) is 1. The maximum Gasteiger partial charge on any atom is 0.426 e. The average molecular weight is 474 g/mol. The molecule has 4 nitrogen and oxygen atoms in total. The Morgan fingerprint density at radius 2 is 1.66 bits per heavy atom. The molecule has 0 bridgehead atoms. The van der Waals surface area contributed by atoms with Gasteiger partial charge < -0.3 is 0 Å². The van der Waals surface area contributed by atoms with E-state index in [1.807, 2.05) is 0 Å². The third kappa shape index (κ3) is 5.59. The van der Waals surface area contributed by atoms with Crippen molar-refractivity contribution in [2.45, 2.75) is 6.18 Å². The first-order valence-corrected chi connectivity index (χ1v) is 8.50. The van der Waals surface area contributed by atoms with E-state index in [1.54, 1.807) is 5.32 Å². The zero-order chi connectivity index (χ0) is 21.9. The normalized spacial score (nSPS) is 11.9. The molecule has 0 aliphatic rings. The summed E-state index contributed by atoms with van der Waals surface area (Å²) in [4.78, 5) is 24.0. The first-order chi connectivity index (χ1) is 13.4. The fraction of sp³-hybridized carbons (Fsp3) is 0.0588. The highest BCUT2D eigenvalue weighted by molar-refractivity contribution is 6.38. The van der Waals surface area contributed by atoms with Crippen LogP contribution in [0.4, 0.5) is 32.4 Å². The van der Waals surface area contributed by atoms with Gasteiger partial charge in [-0.2, -0.15) is 13.2 Å². The summed E-state index contributed by atoms with van der Waals surface area (Å²) >= 11 is 16.8. The molecule has 0 atom stereocenters. The summed E-state index contributed by atoms with van der Waals surface area (Å²) in [6.45, 7) is 0. The van der Waals surface area contributed by atoms with Gasteiger partial charge in [0.2, 0.25) is 0 Å². The predicted molar refractivity (Wildman–Crippen MR) is 98.9 cm³/mol. The number of hydrogen-bond donors (Lipinski definition) is 1. The van der Waals surface area contributed by atoms with E-state index in [-0.39, 0.29) is 16.3 Å². The molecule has 154 valence electrons. The van der Waals surface area contributed by atoms with E-state index in [4.69, 9.17) is 35.0 Å². The SMILES string of the molecule is O=C(NC(=O)N(Cl)c1ccc(C=C(Cl)C(F)(F)F)c(Cl)c1)c1c(F)cccc1F. The van der Waals surface area contributed by atoms with Gasteiger partial charge in [0.1, 0.15) is 22.2 Å². The quantitative estimate of drug-likeness (QED) is 0.422. The fourth-order valence-corrected chi connectivity index (χ4v) is 2.51. The van der Waals surface area contributed by atoms with Gasteiger partial charge in [0.05, 0.1) is 5.69 Å². The topological polar surface area (TPSA) is 49.4 Å². The van der Waals surface area contributed by atoms with Crippen LogP contribution in [0.15, 0.2) is 41.4 Å². The molecule has 0 aliphatic carbocycles. The molecule has 0 aliphatic heterocycles. The highest BCUT2D eigenvalue weighted by atomic mass is 35.5. The van der Waals surface area contributed by atoms with Crippen molar-refractivity contribution >= 4 is 58.7 Å². The molecule has 12 heteroatoms. The first-order valence-electron chi connectivity index (χ1n) is 7.41. The highest BCUT2D eigenvalue weighted by Gasteiger charge is 2.32. The second kappa shape index (κ2) is 8.98. The third-order valence-electron chi connectivity index (χ3n) is 3.35. The van der Waals surface area contributed by atoms with Crippen LogP contribution in [-0.2, 0) is 0 Å². The summed E-state index contributed by atoms with van der Waals surface area (Å²) in [6, 6.07) is 4.60. The molecule has 2 aromatic rings. The number of nitrogens with zero attached hydrogens (tertiary/aromatic N) is 1. The van der Waals surface area contributed by atoms with Gasteiger partial charge in [-0.15, -0.1) is 0 Å². The molecule has 0 saturated heterocycles. The number of alkyl halides is 3. The van der Waals surface area contributed by atoms with Crippen molar-refractivity contribution in [2.24, 2.45) is 0 Å². The lowest BCUT2D eigenvalue weighted by atomic mass is 10.2. The minimum Gasteiger partial charge on any atom is -0.272 e. The number of carbonyl (C=O) groups excluding carboxylic acids is 2. The van der Waals surface area contributed by atoms with Gasteiger partial charge in [0.15, 0.2) is 0 Å². The Morgan fingerprint density at radius 1 is 1.07 bits per heavy atom. The van der Waals surface area contributed by atoms with E-state index in [9.17, 15) is 31.5 Å². The van der Waals surface area contributed by atoms with Gasteiger partial charge in [0, 0.05) is 16.8 Å². The molecule has 1 N–H and O–H groups in total. The van der Waals surface area contributed by atoms with Gasteiger partial charge in [-0.1, -0.05) is 35.3 Å². The smallest absolute Gasteiger partial charge is 0.272 e. The van der Waals surface area contributed by atoms with Crippen molar-refractivity contribution < 1.29 is 31.5 Å². The van der Waals surface area contributed by atoms with E-state index < -0.39 is 40.3 Å². The number of amides is 3. The monoisotopic (exact) mass is 472 g/mol. The lowest BCUT2D eigenvalue weighted by Crippen LogP contribution is -2.39. The van der Waals surface area contributed by atoms with E-state index in [2.05, 4.69) is 0 Å². The number of allylic oxidation sites excluding steroid dienone is 1.